The summed E-state index contributed by atoms with van der Waals surface area (Å²) in [7, 11) is 0. The molecule has 0 aliphatic heterocycles. The second kappa shape index (κ2) is 4.12. The molecule has 14 heavy (non-hydrogen) atoms. The van der Waals surface area contributed by atoms with Gasteiger partial charge in [0.1, 0.15) is 0 Å². The molecule has 0 aliphatic rings. The number of nitro groups is 1. The minimum atomic E-state index is -0.995. The van der Waals surface area contributed by atoms with E-state index < -0.39 is 22.5 Å². The van der Waals surface area contributed by atoms with E-state index in [1.807, 2.05) is 0 Å². The van der Waals surface area contributed by atoms with Crippen LogP contribution in [0.4, 0.5) is 10.1 Å². The predicted octanol–water partition coefficient (Wildman–Crippen LogP) is 0.726. The van der Waals surface area contributed by atoms with Gasteiger partial charge in [-0.15, -0.1) is 0 Å². The number of rotatable bonds is 3. The number of aliphatic hydroxyl groups excluding tert-OH is 1. The number of benzene rings is 1. The first-order valence-electron chi connectivity index (χ1n) is 3.88. The van der Waals surface area contributed by atoms with Crippen molar-refractivity contribution in [2.24, 2.45) is 5.73 Å². The van der Waals surface area contributed by atoms with E-state index in [9.17, 15) is 19.6 Å². The van der Waals surface area contributed by atoms with Gasteiger partial charge in [-0.25, -0.2) is 0 Å². The van der Waals surface area contributed by atoms with Crippen molar-refractivity contribution in [3.63, 3.8) is 0 Å². The number of hydrogen-bond donors (Lipinski definition) is 2. The van der Waals surface area contributed by atoms with Crippen LogP contribution in [0.1, 0.15) is 11.7 Å². The molecule has 0 aromatic heterocycles. The zero-order valence-corrected chi connectivity index (χ0v) is 7.18. The second-order valence-electron chi connectivity index (χ2n) is 2.72. The van der Waals surface area contributed by atoms with Crippen molar-refractivity contribution in [2.45, 2.75) is 6.10 Å². The molecule has 0 spiro atoms. The zero-order valence-electron chi connectivity index (χ0n) is 7.18. The molecule has 1 atom stereocenters. The summed E-state index contributed by atoms with van der Waals surface area (Å²) in [5, 5.41) is 19.5. The normalized spacial score (nSPS) is 12.5. The smallest absolute Gasteiger partial charge is 0.304 e. The highest BCUT2D eigenvalue weighted by molar-refractivity contribution is 5.35. The van der Waals surface area contributed by atoms with Crippen LogP contribution in [0.15, 0.2) is 18.2 Å². The maximum atomic E-state index is 13.0. The average molecular weight is 200 g/mol. The summed E-state index contributed by atoms with van der Waals surface area (Å²) in [5.41, 5.74) is 4.76. The third-order valence-corrected chi connectivity index (χ3v) is 1.78. The standard InChI is InChI=1S/C8H9FN2O3/c9-6-3-5(8(12)4-10)1-2-7(6)11(13)14/h1-3,8,12H,4,10H2/t8-/m0/s1. The highest BCUT2D eigenvalue weighted by Crippen LogP contribution is 2.21. The van der Waals surface area contributed by atoms with Crippen LogP contribution in [-0.4, -0.2) is 16.6 Å². The highest BCUT2D eigenvalue weighted by Gasteiger charge is 2.15. The predicted molar refractivity (Wildman–Crippen MR) is 47.1 cm³/mol. The molecule has 1 aromatic rings. The fourth-order valence-electron chi connectivity index (χ4n) is 1.01. The Labute approximate surface area is 79.1 Å². The molecule has 0 amide bonds. The maximum Gasteiger partial charge on any atom is 0.304 e. The van der Waals surface area contributed by atoms with Crippen LogP contribution in [0.25, 0.3) is 0 Å². The van der Waals surface area contributed by atoms with Crippen molar-refractivity contribution in [3.05, 3.63) is 39.7 Å². The molecule has 0 heterocycles. The second-order valence-corrected chi connectivity index (χ2v) is 2.72. The fourth-order valence-corrected chi connectivity index (χ4v) is 1.01. The summed E-state index contributed by atoms with van der Waals surface area (Å²) < 4.78 is 13.0. The lowest BCUT2D eigenvalue weighted by molar-refractivity contribution is -0.387. The lowest BCUT2D eigenvalue weighted by Crippen LogP contribution is -2.11. The van der Waals surface area contributed by atoms with Crippen LogP contribution in [0.3, 0.4) is 0 Å². The molecule has 0 radical (unpaired) electrons. The summed E-state index contributed by atoms with van der Waals surface area (Å²) >= 11 is 0. The van der Waals surface area contributed by atoms with Crippen molar-refractivity contribution < 1.29 is 14.4 Å². The van der Waals surface area contributed by atoms with Crippen molar-refractivity contribution in [2.75, 3.05) is 6.54 Å². The van der Waals surface area contributed by atoms with Crippen molar-refractivity contribution >= 4 is 5.69 Å². The minimum absolute atomic E-state index is 0.0583. The van der Waals surface area contributed by atoms with Gasteiger partial charge in [0.25, 0.3) is 0 Å². The average Bonchev–Trinajstić information content (AvgIpc) is 2.15. The van der Waals surface area contributed by atoms with Gasteiger partial charge in [-0.2, -0.15) is 4.39 Å². The Balaban J connectivity index is 3.06. The van der Waals surface area contributed by atoms with Gasteiger partial charge in [-0.3, -0.25) is 10.1 Å². The van der Waals surface area contributed by atoms with E-state index in [2.05, 4.69) is 0 Å². The van der Waals surface area contributed by atoms with Gasteiger partial charge in [0.15, 0.2) is 0 Å². The van der Waals surface area contributed by atoms with E-state index in [0.29, 0.717) is 0 Å². The first-order valence-corrected chi connectivity index (χ1v) is 3.88. The summed E-state index contributed by atoms with van der Waals surface area (Å²) in [6.45, 7) is -0.0583. The Hall–Kier alpha value is -1.53. The number of aliphatic hydroxyl groups is 1. The Bertz CT molecular complexity index is 356. The van der Waals surface area contributed by atoms with Crippen molar-refractivity contribution in [3.8, 4) is 0 Å². The van der Waals surface area contributed by atoms with E-state index in [1.165, 1.54) is 6.07 Å². The monoisotopic (exact) mass is 200 g/mol. The van der Waals surface area contributed by atoms with Gasteiger partial charge in [0, 0.05) is 12.6 Å². The topological polar surface area (TPSA) is 89.4 Å². The van der Waals surface area contributed by atoms with Gasteiger partial charge in [-0.1, -0.05) is 0 Å². The molecule has 1 rings (SSSR count). The number of halogens is 1. The number of hydrogen-bond acceptors (Lipinski definition) is 4. The van der Waals surface area contributed by atoms with Crippen molar-refractivity contribution in [1.29, 1.82) is 0 Å². The lowest BCUT2D eigenvalue weighted by Gasteiger charge is -2.07. The van der Waals surface area contributed by atoms with Gasteiger partial charge in [-0.05, 0) is 17.7 Å². The third-order valence-electron chi connectivity index (χ3n) is 1.78. The Kier molecular flexibility index (Phi) is 3.10. The molecule has 0 fully saturated rings. The molecule has 5 nitrogen and oxygen atoms in total. The Morgan fingerprint density at radius 3 is 2.71 bits per heavy atom. The largest absolute Gasteiger partial charge is 0.387 e. The molecule has 0 saturated carbocycles. The number of nitro benzene ring substituents is 1. The van der Waals surface area contributed by atoms with E-state index in [-0.39, 0.29) is 12.1 Å². The molecule has 0 unspecified atom stereocenters. The summed E-state index contributed by atoms with van der Waals surface area (Å²) in [6, 6.07) is 3.19. The van der Waals surface area contributed by atoms with E-state index >= 15 is 0 Å². The summed E-state index contributed by atoms with van der Waals surface area (Å²) in [6.07, 6.45) is -0.995. The van der Waals surface area contributed by atoms with Gasteiger partial charge in [0.2, 0.25) is 5.82 Å². The molecule has 0 aliphatic carbocycles. The molecule has 1 aromatic carbocycles. The molecule has 0 bridgehead atoms. The molecular formula is C8H9FN2O3. The molecule has 6 heteroatoms. The Morgan fingerprint density at radius 2 is 2.29 bits per heavy atom. The third kappa shape index (κ3) is 2.04. The van der Waals surface area contributed by atoms with Crippen LogP contribution in [0.5, 0.6) is 0 Å². The lowest BCUT2D eigenvalue weighted by atomic mass is 10.1. The summed E-state index contributed by atoms with van der Waals surface area (Å²) in [5.74, 6) is -0.972. The minimum Gasteiger partial charge on any atom is -0.387 e. The SMILES string of the molecule is NC[C@H](O)c1ccc([N+](=O)[O-])c(F)c1. The molecule has 3 N–H and O–H groups in total. The quantitative estimate of drug-likeness (QED) is 0.555. The van der Waals surface area contributed by atoms with E-state index in [4.69, 9.17) is 5.73 Å². The van der Waals surface area contributed by atoms with E-state index in [1.54, 1.807) is 0 Å². The van der Waals surface area contributed by atoms with Crippen LogP contribution >= 0.6 is 0 Å². The maximum absolute atomic E-state index is 13.0. The number of nitrogens with two attached hydrogens (primary N) is 1. The van der Waals surface area contributed by atoms with Crippen LogP contribution in [0, 0.1) is 15.9 Å². The highest BCUT2D eigenvalue weighted by atomic mass is 19.1. The first-order chi connectivity index (χ1) is 6.56. The van der Waals surface area contributed by atoms with E-state index in [0.717, 1.165) is 12.1 Å². The molecular weight excluding hydrogens is 191 g/mol. The Morgan fingerprint density at radius 1 is 1.64 bits per heavy atom. The summed E-state index contributed by atoms with van der Waals surface area (Å²) in [4.78, 5) is 9.43. The first kappa shape index (κ1) is 10.6. The van der Waals surface area contributed by atoms with Crippen LogP contribution in [0.2, 0.25) is 0 Å². The molecule has 0 saturated heterocycles. The van der Waals surface area contributed by atoms with Crippen molar-refractivity contribution in [1.82, 2.24) is 0 Å². The van der Waals surface area contributed by atoms with Gasteiger partial charge in [0.05, 0.1) is 11.0 Å². The van der Waals surface area contributed by atoms with Gasteiger partial charge < -0.3 is 10.8 Å². The van der Waals surface area contributed by atoms with Crippen LogP contribution < -0.4 is 5.73 Å². The zero-order chi connectivity index (χ0) is 10.7. The van der Waals surface area contributed by atoms with Crippen LogP contribution in [-0.2, 0) is 0 Å². The molecule has 76 valence electrons. The fraction of sp³-hybridized carbons (Fsp3) is 0.250. The number of nitrogens with zero attached hydrogens (tertiary/aromatic N) is 1. The van der Waals surface area contributed by atoms with Gasteiger partial charge >= 0.3 is 5.69 Å².